The molecule has 2 saturated carbocycles. The van der Waals surface area contributed by atoms with Crippen molar-refractivity contribution in [3.63, 3.8) is 0 Å². The Morgan fingerprint density at radius 3 is 2.45 bits per heavy atom. The lowest BCUT2D eigenvalue weighted by molar-refractivity contribution is 0.328. The molecule has 110 valence electrons. The zero-order chi connectivity index (χ0) is 14.1. The summed E-state index contributed by atoms with van der Waals surface area (Å²) in [5.41, 5.74) is 7.05. The van der Waals surface area contributed by atoms with Gasteiger partial charge in [-0.25, -0.2) is 9.97 Å². The SMILES string of the molecule is Cc1c(N)nc(C2CC2)nc1NC(C)C1CCCCC1. The predicted octanol–water partition coefficient (Wildman–Crippen LogP) is 3.63. The van der Waals surface area contributed by atoms with E-state index in [2.05, 4.69) is 17.2 Å². The highest BCUT2D eigenvalue weighted by atomic mass is 15.1. The highest BCUT2D eigenvalue weighted by molar-refractivity contribution is 5.55. The minimum Gasteiger partial charge on any atom is -0.383 e. The normalized spacial score (nSPS) is 21.7. The summed E-state index contributed by atoms with van der Waals surface area (Å²) in [5.74, 6) is 3.84. The topological polar surface area (TPSA) is 63.8 Å². The van der Waals surface area contributed by atoms with Gasteiger partial charge in [-0.1, -0.05) is 19.3 Å². The first-order valence-electron chi connectivity index (χ1n) is 8.05. The Kier molecular flexibility index (Phi) is 3.81. The third-order valence-corrected chi connectivity index (χ3v) is 4.86. The van der Waals surface area contributed by atoms with Crippen LogP contribution < -0.4 is 11.1 Å². The van der Waals surface area contributed by atoms with E-state index in [1.165, 1.54) is 44.9 Å². The molecule has 3 N–H and O–H groups in total. The summed E-state index contributed by atoms with van der Waals surface area (Å²) in [5, 5.41) is 3.61. The third-order valence-electron chi connectivity index (χ3n) is 4.86. The summed E-state index contributed by atoms with van der Waals surface area (Å²) in [7, 11) is 0. The van der Waals surface area contributed by atoms with Crippen LogP contribution in [-0.4, -0.2) is 16.0 Å². The van der Waals surface area contributed by atoms with Crippen molar-refractivity contribution in [3.05, 3.63) is 11.4 Å². The van der Waals surface area contributed by atoms with Crippen LogP contribution in [0.4, 0.5) is 11.6 Å². The van der Waals surface area contributed by atoms with Crippen molar-refractivity contribution in [1.29, 1.82) is 0 Å². The highest BCUT2D eigenvalue weighted by Gasteiger charge is 2.28. The number of aromatic nitrogens is 2. The van der Waals surface area contributed by atoms with Crippen LogP contribution in [-0.2, 0) is 0 Å². The molecule has 2 aliphatic rings. The summed E-state index contributed by atoms with van der Waals surface area (Å²) >= 11 is 0. The Morgan fingerprint density at radius 2 is 1.80 bits per heavy atom. The molecule has 0 aromatic carbocycles. The first-order chi connectivity index (χ1) is 9.65. The molecule has 1 aromatic rings. The van der Waals surface area contributed by atoms with Crippen LogP contribution in [0, 0.1) is 12.8 Å². The van der Waals surface area contributed by atoms with Crippen LogP contribution in [0.3, 0.4) is 0 Å². The van der Waals surface area contributed by atoms with Crippen molar-refractivity contribution in [3.8, 4) is 0 Å². The molecule has 4 heteroatoms. The Balaban J connectivity index is 1.75. The smallest absolute Gasteiger partial charge is 0.136 e. The van der Waals surface area contributed by atoms with E-state index in [4.69, 9.17) is 10.7 Å². The molecule has 0 radical (unpaired) electrons. The molecule has 4 nitrogen and oxygen atoms in total. The lowest BCUT2D eigenvalue weighted by Gasteiger charge is -2.29. The van der Waals surface area contributed by atoms with Gasteiger partial charge in [0.05, 0.1) is 0 Å². The second-order valence-corrected chi connectivity index (χ2v) is 6.55. The molecule has 0 bridgehead atoms. The van der Waals surface area contributed by atoms with Crippen LogP contribution in [0.1, 0.15) is 69.2 Å². The van der Waals surface area contributed by atoms with Gasteiger partial charge in [-0.2, -0.15) is 0 Å². The van der Waals surface area contributed by atoms with E-state index in [9.17, 15) is 0 Å². The number of hydrogen-bond donors (Lipinski definition) is 2. The number of rotatable bonds is 4. The minimum absolute atomic E-state index is 0.468. The van der Waals surface area contributed by atoms with Crippen LogP contribution in [0.2, 0.25) is 0 Å². The highest BCUT2D eigenvalue weighted by Crippen LogP contribution is 2.39. The van der Waals surface area contributed by atoms with Crippen molar-refractivity contribution >= 4 is 11.6 Å². The second-order valence-electron chi connectivity index (χ2n) is 6.55. The first kappa shape index (κ1) is 13.7. The number of nitrogens with zero attached hydrogens (tertiary/aromatic N) is 2. The van der Waals surface area contributed by atoms with E-state index in [1.807, 2.05) is 6.92 Å². The van der Waals surface area contributed by atoms with Crippen molar-refractivity contribution in [2.75, 3.05) is 11.1 Å². The standard InChI is InChI=1S/C16H26N4/c1-10-14(17)19-16(13-8-9-13)20-15(10)18-11(2)12-6-4-3-5-7-12/h11-13H,3-9H2,1-2H3,(H3,17,18,19,20). The van der Waals surface area contributed by atoms with Gasteiger partial charge in [0, 0.05) is 17.5 Å². The second kappa shape index (κ2) is 5.58. The van der Waals surface area contributed by atoms with E-state index in [0.717, 1.165) is 23.1 Å². The number of nitrogens with one attached hydrogen (secondary N) is 1. The molecule has 2 aliphatic carbocycles. The van der Waals surface area contributed by atoms with Crippen molar-refractivity contribution in [2.45, 2.75) is 70.8 Å². The molecule has 0 spiro atoms. The van der Waals surface area contributed by atoms with E-state index in [-0.39, 0.29) is 0 Å². The molecular formula is C16H26N4. The number of anilines is 2. The molecule has 1 unspecified atom stereocenters. The fourth-order valence-corrected chi connectivity index (χ4v) is 3.18. The molecule has 0 amide bonds. The quantitative estimate of drug-likeness (QED) is 0.880. The van der Waals surface area contributed by atoms with Crippen molar-refractivity contribution < 1.29 is 0 Å². The molecule has 0 saturated heterocycles. The average Bonchev–Trinajstić information content (AvgIpc) is 3.29. The zero-order valence-electron chi connectivity index (χ0n) is 12.7. The fourth-order valence-electron chi connectivity index (χ4n) is 3.18. The summed E-state index contributed by atoms with van der Waals surface area (Å²) in [6.07, 6.45) is 9.23. The average molecular weight is 274 g/mol. The van der Waals surface area contributed by atoms with Gasteiger partial charge in [0.25, 0.3) is 0 Å². The Labute approximate surface area is 121 Å². The Hall–Kier alpha value is -1.32. The summed E-state index contributed by atoms with van der Waals surface area (Å²) < 4.78 is 0. The molecule has 20 heavy (non-hydrogen) atoms. The van der Waals surface area contributed by atoms with Crippen LogP contribution in [0.5, 0.6) is 0 Å². The fraction of sp³-hybridized carbons (Fsp3) is 0.750. The van der Waals surface area contributed by atoms with Gasteiger partial charge in [-0.15, -0.1) is 0 Å². The predicted molar refractivity (Wildman–Crippen MR) is 82.8 cm³/mol. The molecule has 2 fully saturated rings. The van der Waals surface area contributed by atoms with Crippen LogP contribution >= 0.6 is 0 Å². The summed E-state index contributed by atoms with van der Waals surface area (Å²) in [4.78, 5) is 9.17. The van der Waals surface area contributed by atoms with Crippen LogP contribution in [0.25, 0.3) is 0 Å². The number of hydrogen-bond acceptors (Lipinski definition) is 4. The summed E-state index contributed by atoms with van der Waals surface area (Å²) in [6.45, 7) is 4.30. The van der Waals surface area contributed by atoms with Gasteiger partial charge in [0.2, 0.25) is 0 Å². The molecule has 1 heterocycles. The van der Waals surface area contributed by atoms with E-state index in [1.54, 1.807) is 0 Å². The lowest BCUT2D eigenvalue weighted by atomic mass is 9.84. The maximum Gasteiger partial charge on any atom is 0.136 e. The molecule has 1 atom stereocenters. The van der Waals surface area contributed by atoms with E-state index >= 15 is 0 Å². The van der Waals surface area contributed by atoms with Gasteiger partial charge in [-0.05, 0) is 45.4 Å². The van der Waals surface area contributed by atoms with E-state index in [0.29, 0.717) is 17.8 Å². The molecule has 3 rings (SSSR count). The first-order valence-corrected chi connectivity index (χ1v) is 8.05. The molecular weight excluding hydrogens is 248 g/mol. The van der Waals surface area contributed by atoms with Gasteiger partial charge in [0.1, 0.15) is 17.5 Å². The summed E-state index contributed by atoms with van der Waals surface area (Å²) in [6, 6.07) is 0.468. The van der Waals surface area contributed by atoms with Gasteiger partial charge < -0.3 is 11.1 Å². The lowest BCUT2D eigenvalue weighted by Crippen LogP contribution is -2.28. The largest absolute Gasteiger partial charge is 0.383 e. The van der Waals surface area contributed by atoms with Crippen molar-refractivity contribution in [1.82, 2.24) is 9.97 Å². The van der Waals surface area contributed by atoms with Crippen molar-refractivity contribution in [2.24, 2.45) is 5.92 Å². The molecule has 1 aromatic heterocycles. The third kappa shape index (κ3) is 2.89. The zero-order valence-corrected chi connectivity index (χ0v) is 12.7. The monoisotopic (exact) mass is 274 g/mol. The van der Waals surface area contributed by atoms with Gasteiger partial charge in [0.15, 0.2) is 0 Å². The maximum absolute atomic E-state index is 6.05. The molecule has 0 aliphatic heterocycles. The Morgan fingerprint density at radius 1 is 1.10 bits per heavy atom. The minimum atomic E-state index is 0.468. The Bertz CT molecular complexity index is 476. The van der Waals surface area contributed by atoms with Gasteiger partial charge in [-0.3, -0.25) is 0 Å². The number of nitrogen functional groups attached to an aromatic ring is 1. The maximum atomic E-state index is 6.05. The van der Waals surface area contributed by atoms with Crippen LogP contribution in [0.15, 0.2) is 0 Å². The van der Waals surface area contributed by atoms with E-state index < -0.39 is 0 Å². The van der Waals surface area contributed by atoms with Gasteiger partial charge >= 0.3 is 0 Å². The number of nitrogens with two attached hydrogens (primary N) is 1.